The molecule has 0 aromatic carbocycles. The molecule has 0 aromatic rings. The molecular formula is C13H20N2O5. The normalized spacial score (nSPS) is 25.3. The molecule has 0 aromatic heterocycles. The van der Waals surface area contributed by atoms with Crippen LogP contribution in [0.5, 0.6) is 0 Å². The Bertz CT molecular complexity index is 456. The molecule has 0 aliphatic heterocycles. The second-order valence-corrected chi connectivity index (χ2v) is 4.60. The maximum atomic E-state index is 10.5. The highest BCUT2D eigenvalue weighted by atomic mass is 16.5. The van der Waals surface area contributed by atoms with Crippen molar-refractivity contribution in [2.24, 2.45) is 0 Å². The minimum Gasteiger partial charge on any atom is -0.544 e. The third kappa shape index (κ3) is 4.07. The number of hydrogen-bond donors (Lipinski definition) is 4. The molecule has 1 aliphatic carbocycles. The molecule has 0 amide bonds. The molecule has 0 spiro atoms. The number of nitrogens with one attached hydrogen (secondary N) is 2. The molecule has 7 nitrogen and oxygen atoms in total. The summed E-state index contributed by atoms with van der Waals surface area (Å²) in [5.41, 5.74) is -0.388. The lowest BCUT2D eigenvalue weighted by atomic mass is 9.85. The molecule has 4 N–H and O–H groups in total. The van der Waals surface area contributed by atoms with Gasteiger partial charge in [0, 0.05) is 6.42 Å². The van der Waals surface area contributed by atoms with E-state index in [1.165, 1.54) is 7.11 Å². The Balaban J connectivity index is 3.16. The number of aliphatic hydroxyl groups is 2. The van der Waals surface area contributed by atoms with Crippen molar-refractivity contribution in [2.75, 3.05) is 20.3 Å². The topological polar surface area (TPSA) is 116 Å². The number of hydrogen-bond acceptors (Lipinski definition) is 6. The first-order valence-corrected chi connectivity index (χ1v) is 6.23. The van der Waals surface area contributed by atoms with E-state index in [4.69, 9.17) is 4.74 Å². The first-order chi connectivity index (χ1) is 9.45. The van der Waals surface area contributed by atoms with Gasteiger partial charge in [0.1, 0.15) is 11.6 Å². The van der Waals surface area contributed by atoms with E-state index >= 15 is 0 Å². The van der Waals surface area contributed by atoms with Crippen LogP contribution in [0.3, 0.4) is 0 Å². The summed E-state index contributed by atoms with van der Waals surface area (Å²) in [4.78, 5) is 13.2. The fourth-order valence-electron chi connectivity index (χ4n) is 2.04. The minimum atomic E-state index is -1.36. The highest BCUT2D eigenvalue weighted by molar-refractivity contribution is 5.96. The summed E-state index contributed by atoms with van der Waals surface area (Å²) in [5.74, 6) is -0.837. The Hall–Kier alpha value is -1.86. The first kappa shape index (κ1) is 16.2. The second-order valence-electron chi connectivity index (χ2n) is 4.60. The highest BCUT2D eigenvalue weighted by Crippen LogP contribution is 2.28. The molecule has 112 valence electrons. The molecule has 20 heavy (non-hydrogen) atoms. The zero-order valence-corrected chi connectivity index (χ0v) is 11.6. The van der Waals surface area contributed by atoms with Gasteiger partial charge in [-0.1, -0.05) is 6.08 Å². The van der Waals surface area contributed by atoms with Gasteiger partial charge in [-0.2, -0.15) is 0 Å². The Kier molecular flexibility index (Phi) is 5.72. The van der Waals surface area contributed by atoms with Crippen LogP contribution in [0, 0.1) is 0 Å². The molecule has 1 unspecified atom stereocenters. The molecule has 0 saturated heterocycles. The Morgan fingerprint density at radius 3 is 2.80 bits per heavy atom. The standard InChI is InChI=1S/C13H20N2O5/c1-3-4-14-9-5-13(19,8-16)6-10(12(9)20-2)15-7-11(17)18/h3-4,14,16,19H,5-8H2,1-2H3,(H,17,18)/b4-3+,15-10?. The predicted molar refractivity (Wildman–Crippen MR) is 69.1 cm³/mol. The van der Waals surface area contributed by atoms with Crippen molar-refractivity contribution in [3.05, 3.63) is 23.7 Å². The molecule has 0 fully saturated rings. The molecular weight excluding hydrogens is 264 g/mol. The molecule has 1 atom stereocenters. The summed E-state index contributed by atoms with van der Waals surface area (Å²) in [5, 5.41) is 33.1. The van der Waals surface area contributed by atoms with Crippen LogP contribution >= 0.6 is 0 Å². The average Bonchev–Trinajstić information content (AvgIpc) is 2.42. The van der Waals surface area contributed by atoms with E-state index in [9.17, 15) is 20.1 Å². The second kappa shape index (κ2) is 7.06. The Morgan fingerprint density at radius 1 is 1.60 bits per heavy atom. The van der Waals surface area contributed by atoms with Crippen molar-refractivity contribution in [1.29, 1.82) is 0 Å². The van der Waals surface area contributed by atoms with E-state index in [0.29, 0.717) is 17.2 Å². The SMILES string of the molecule is C/C=C/NC1=C(OC)C(=[NH+]CC(=O)[O-])CC(O)(CO)C1. The van der Waals surface area contributed by atoms with Gasteiger partial charge in [-0.25, -0.2) is 4.99 Å². The van der Waals surface area contributed by atoms with Crippen LogP contribution in [-0.2, 0) is 9.53 Å². The van der Waals surface area contributed by atoms with Crippen LogP contribution in [0.1, 0.15) is 19.8 Å². The molecule has 0 radical (unpaired) electrons. The van der Waals surface area contributed by atoms with E-state index in [0.717, 1.165) is 0 Å². The number of aliphatic carboxylic acids is 1. The van der Waals surface area contributed by atoms with Gasteiger partial charge >= 0.3 is 0 Å². The number of rotatable bonds is 6. The van der Waals surface area contributed by atoms with Gasteiger partial charge < -0.3 is 30.2 Å². The smallest absolute Gasteiger partial charge is 0.221 e. The molecule has 0 heterocycles. The zero-order valence-electron chi connectivity index (χ0n) is 11.6. The maximum absolute atomic E-state index is 10.5. The number of carboxylic acid groups (broad SMARTS) is 1. The lowest BCUT2D eigenvalue weighted by Gasteiger charge is -2.31. The van der Waals surface area contributed by atoms with Crippen LogP contribution in [0.15, 0.2) is 23.7 Å². The molecule has 7 heteroatoms. The minimum absolute atomic E-state index is 0.0704. The van der Waals surface area contributed by atoms with Gasteiger partial charge in [0.2, 0.25) is 11.5 Å². The zero-order chi connectivity index (χ0) is 15.2. The summed E-state index contributed by atoms with van der Waals surface area (Å²) in [6, 6.07) is 0. The Morgan fingerprint density at radius 2 is 2.30 bits per heavy atom. The van der Waals surface area contributed by atoms with Gasteiger partial charge in [0.05, 0.1) is 25.8 Å². The van der Waals surface area contributed by atoms with Crippen molar-refractivity contribution in [3.8, 4) is 0 Å². The summed E-state index contributed by atoms with van der Waals surface area (Å²) in [6.07, 6.45) is 3.67. The van der Waals surface area contributed by atoms with Crippen molar-refractivity contribution in [3.63, 3.8) is 0 Å². The van der Waals surface area contributed by atoms with E-state index in [1.807, 2.05) is 6.92 Å². The quantitative estimate of drug-likeness (QED) is 0.407. The van der Waals surface area contributed by atoms with Crippen LogP contribution < -0.4 is 15.4 Å². The number of carboxylic acids is 1. The molecule has 0 saturated carbocycles. The van der Waals surface area contributed by atoms with Crippen molar-refractivity contribution < 1.29 is 29.8 Å². The van der Waals surface area contributed by atoms with E-state index in [2.05, 4.69) is 10.3 Å². The number of ether oxygens (including phenoxy) is 1. The monoisotopic (exact) mass is 284 g/mol. The van der Waals surface area contributed by atoms with Gasteiger partial charge in [-0.05, 0) is 13.1 Å². The van der Waals surface area contributed by atoms with E-state index in [1.54, 1.807) is 12.3 Å². The largest absolute Gasteiger partial charge is 0.544 e. The molecule has 0 bridgehead atoms. The fourth-order valence-corrected chi connectivity index (χ4v) is 2.04. The van der Waals surface area contributed by atoms with Gasteiger partial charge in [-0.15, -0.1) is 0 Å². The van der Waals surface area contributed by atoms with Crippen molar-refractivity contribution in [2.45, 2.75) is 25.4 Å². The maximum Gasteiger partial charge on any atom is 0.221 e. The number of carbonyl (C=O) groups excluding carboxylic acids is 1. The summed E-state index contributed by atoms with van der Waals surface area (Å²) in [7, 11) is 1.46. The highest BCUT2D eigenvalue weighted by Gasteiger charge is 2.40. The van der Waals surface area contributed by atoms with E-state index < -0.39 is 24.7 Å². The summed E-state index contributed by atoms with van der Waals surface area (Å²) >= 11 is 0. The van der Waals surface area contributed by atoms with Crippen LogP contribution in [-0.4, -0.2) is 47.8 Å². The third-order valence-corrected chi connectivity index (χ3v) is 2.93. The predicted octanol–water partition coefficient (Wildman–Crippen LogP) is -3.24. The lowest BCUT2D eigenvalue weighted by molar-refractivity contribution is -0.466. The number of carbonyl (C=O) groups is 1. The van der Waals surface area contributed by atoms with Crippen LogP contribution in [0.25, 0.3) is 0 Å². The van der Waals surface area contributed by atoms with Crippen LogP contribution in [0.4, 0.5) is 0 Å². The number of methoxy groups -OCH3 is 1. The number of aliphatic hydroxyl groups excluding tert-OH is 1. The first-order valence-electron chi connectivity index (χ1n) is 6.23. The van der Waals surface area contributed by atoms with Crippen molar-refractivity contribution in [1.82, 2.24) is 5.32 Å². The van der Waals surface area contributed by atoms with Crippen LogP contribution in [0.2, 0.25) is 0 Å². The summed E-state index contributed by atoms with van der Waals surface area (Å²) in [6.45, 7) is 0.974. The fraction of sp³-hybridized carbons (Fsp3) is 0.538. The Labute approximate surface area is 117 Å². The molecule has 1 rings (SSSR count). The van der Waals surface area contributed by atoms with Gasteiger partial charge in [0.15, 0.2) is 6.54 Å². The van der Waals surface area contributed by atoms with Gasteiger partial charge in [0.25, 0.3) is 0 Å². The van der Waals surface area contributed by atoms with Gasteiger partial charge in [-0.3, -0.25) is 0 Å². The summed E-state index contributed by atoms with van der Waals surface area (Å²) < 4.78 is 5.26. The lowest BCUT2D eigenvalue weighted by Crippen LogP contribution is -2.78. The number of allylic oxidation sites excluding steroid dienone is 2. The van der Waals surface area contributed by atoms with Crippen molar-refractivity contribution >= 4 is 11.7 Å². The average molecular weight is 284 g/mol. The molecule has 1 aliphatic rings. The van der Waals surface area contributed by atoms with E-state index in [-0.39, 0.29) is 12.8 Å². The third-order valence-electron chi connectivity index (χ3n) is 2.93.